The number of ketones is 1. The highest BCUT2D eigenvalue weighted by atomic mass is 19.3. The molecular weight excluding hydrogens is 442 g/mol. The van der Waals surface area contributed by atoms with Crippen LogP contribution >= 0.6 is 0 Å². The smallest absolute Gasteiger partial charge is 0.410 e. The number of piperidine rings is 1. The Bertz CT molecular complexity index is 890. The molecule has 1 unspecified atom stereocenters. The zero-order chi connectivity index (χ0) is 25.1. The predicted molar refractivity (Wildman–Crippen MR) is 126 cm³/mol. The Morgan fingerprint density at radius 1 is 1.09 bits per heavy atom. The molecule has 2 amide bonds. The molecular formula is C26H36F2N2O4. The normalized spacial score (nSPS) is 22.1. The van der Waals surface area contributed by atoms with Gasteiger partial charge in [-0.2, -0.15) is 0 Å². The van der Waals surface area contributed by atoms with Crippen LogP contribution in [0.15, 0.2) is 30.3 Å². The molecule has 1 aliphatic heterocycles. The fourth-order valence-electron chi connectivity index (χ4n) is 4.98. The summed E-state index contributed by atoms with van der Waals surface area (Å²) in [5.74, 6) is -3.26. The lowest BCUT2D eigenvalue weighted by Gasteiger charge is -2.42. The Morgan fingerprint density at radius 3 is 2.24 bits per heavy atom. The number of ether oxygens (including phenoxy) is 1. The number of hydrogen-bond donors (Lipinski definition) is 0. The molecule has 0 N–H and O–H groups in total. The topological polar surface area (TPSA) is 66.9 Å². The fourth-order valence-corrected chi connectivity index (χ4v) is 4.98. The molecule has 0 radical (unpaired) electrons. The maximum Gasteiger partial charge on any atom is 0.410 e. The van der Waals surface area contributed by atoms with Gasteiger partial charge in [-0.05, 0) is 65.5 Å². The summed E-state index contributed by atoms with van der Waals surface area (Å²) in [6, 6.07) is 8.23. The summed E-state index contributed by atoms with van der Waals surface area (Å²) >= 11 is 0. The number of benzene rings is 1. The maximum absolute atomic E-state index is 14.3. The Morgan fingerprint density at radius 2 is 1.71 bits per heavy atom. The van der Waals surface area contributed by atoms with Gasteiger partial charge in [0.15, 0.2) is 0 Å². The molecule has 0 aromatic heterocycles. The van der Waals surface area contributed by atoms with E-state index in [1.54, 1.807) is 49.9 Å². The fraction of sp³-hybridized carbons (Fsp3) is 0.654. The van der Waals surface area contributed by atoms with Gasteiger partial charge in [0.2, 0.25) is 11.8 Å². The van der Waals surface area contributed by atoms with Crippen LogP contribution in [-0.4, -0.2) is 53.3 Å². The van der Waals surface area contributed by atoms with Crippen LogP contribution in [0.2, 0.25) is 0 Å². The molecule has 6 nitrogen and oxygen atoms in total. The minimum absolute atomic E-state index is 0.0680. The van der Waals surface area contributed by atoms with Crippen molar-refractivity contribution in [1.29, 1.82) is 0 Å². The van der Waals surface area contributed by atoms with Gasteiger partial charge in [0, 0.05) is 49.5 Å². The first-order valence-corrected chi connectivity index (χ1v) is 12.1. The van der Waals surface area contributed by atoms with Crippen molar-refractivity contribution in [2.45, 2.75) is 90.2 Å². The molecule has 34 heavy (non-hydrogen) atoms. The third-order valence-electron chi connectivity index (χ3n) is 6.89. The van der Waals surface area contributed by atoms with Gasteiger partial charge in [0.05, 0.1) is 0 Å². The molecule has 1 atom stereocenters. The second-order valence-corrected chi connectivity index (χ2v) is 10.7. The summed E-state index contributed by atoms with van der Waals surface area (Å²) in [4.78, 5) is 41.9. The monoisotopic (exact) mass is 478 g/mol. The van der Waals surface area contributed by atoms with Gasteiger partial charge in [0.1, 0.15) is 11.4 Å². The van der Waals surface area contributed by atoms with Crippen molar-refractivity contribution in [3.63, 3.8) is 0 Å². The molecule has 8 heteroatoms. The number of nitrogens with zero attached hydrogens (tertiary/aromatic N) is 2. The number of hydrogen-bond acceptors (Lipinski definition) is 4. The van der Waals surface area contributed by atoms with Crippen LogP contribution in [0.25, 0.3) is 0 Å². The number of carbonyl (C=O) groups is 3. The number of likely N-dealkylation sites (tertiary alicyclic amines) is 1. The summed E-state index contributed by atoms with van der Waals surface area (Å²) < 4.78 is 33.9. The molecule has 1 saturated heterocycles. The van der Waals surface area contributed by atoms with Crippen LogP contribution in [0, 0.1) is 5.41 Å². The van der Waals surface area contributed by atoms with Crippen LogP contribution in [0.3, 0.4) is 0 Å². The van der Waals surface area contributed by atoms with Crippen LogP contribution < -0.4 is 4.90 Å². The van der Waals surface area contributed by atoms with E-state index in [0.717, 1.165) is 0 Å². The highest BCUT2D eigenvalue weighted by Crippen LogP contribution is 2.41. The van der Waals surface area contributed by atoms with Crippen molar-refractivity contribution in [2.75, 3.05) is 18.0 Å². The first-order chi connectivity index (χ1) is 15.8. The summed E-state index contributed by atoms with van der Waals surface area (Å²) in [6.07, 6.45) is 0.443. The molecule has 1 heterocycles. The summed E-state index contributed by atoms with van der Waals surface area (Å²) in [5, 5.41) is 0. The maximum atomic E-state index is 14.3. The van der Waals surface area contributed by atoms with E-state index in [4.69, 9.17) is 4.74 Å². The van der Waals surface area contributed by atoms with Gasteiger partial charge < -0.3 is 14.5 Å². The molecule has 188 valence electrons. The number of halogens is 2. The van der Waals surface area contributed by atoms with Gasteiger partial charge in [0.25, 0.3) is 0 Å². The van der Waals surface area contributed by atoms with E-state index in [1.807, 2.05) is 6.07 Å². The van der Waals surface area contributed by atoms with Crippen molar-refractivity contribution in [3.8, 4) is 0 Å². The zero-order valence-corrected chi connectivity index (χ0v) is 20.6. The summed E-state index contributed by atoms with van der Waals surface area (Å²) in [5.41, 5.74) is -0.986. The van der Waals surface area contributed by atoms with E-state index >= 15 is 0 Å². The third-order valence-corrected chi connectivity index (χ3v) is 6.89. The van der Waals surface area contributed by atoms with Gasteiger partial charge >= 0.3 is 6.09 Å². The molecule has 0 bridgehead atoms. The van der Waals surface area contributed by atoms with Crippen LogP contribution in [-0.2, 0) is 14.3 Å². The zero-order valence-electron chi connectivity index (χ0n) is 20.6. The number of carbonyl (C=O) groups excluding carboxylic acids is 3. The SMILES string of the molecule is CC(=O)C1(CC(=O)N(c2ccccc2)C2CCCC(F)(F)C2)CCN(C(=O)OC(C)(C)C)CC1. The number of alkyl halides is 2. The Labute approximate surface area is 200 Å². The van der Waals surface area contributed by atoms with Gasteiger partial charge in [-0.15, -0.1) is 0 Å². The number of Topliss-reactive ketones (excluding diaryl/α,β-unsaturated/α-hetero) is 1. The van der Waals surface area contributed by atoms with E-state index in [-0.39, 0.29) is 31.0 Å². The Balaban J connectivity index is 1.79. The molecule has 3 rings (SSSR count). The molecule has 0 spiro atoms. The highest BCUT2D eigenvalue weighted by molar-refractivity contribution is 5.98. The molecule has 1 aliphatic carbocycles. The predicted octanol–water partition coefficient (Wildman–Crippen LogP) is 5.59. The van der Waals surface area contributed by atoms with Crippen molar-refractivity contribution < 1.29 is 27.9 Å². The minimum atomic E-state index is -2.81. The standard InChI is InChI=1S/C26H36F2N2O4/c1-19(31)25(13-15-29(16-14-25)23(33)34-24(2,3)4)18-22(32)30(20-9-6-5-7-10-20)21-11-8-12-26(27,28)17-21/h5-7,9-10,21H,8,11-18H2,1-4H3. The quantitative estimate of drug-likeness (QED) is 0.553. The molecule has 1 aromatic carbocycles. The summed E-state index contributed by atoms with van der Waals surface area (Å²) in [7, 11) is 0. The average Bonchev–Trinajstić information content (AvgIpc) is 2.73. The lowest BCUT2D eigenvalue weighted by atomic mass is 9.72. The van der Waals surface area contributed by atoms with Crippen LogP contribution in [0.4, 0.5) is 19.3 Å². The highest BCUT2D eigenvalue weighted by Gasteiger charge is 2.45. The number of amides is 2. The summed E-state index contributed by atoms with van der Waals surface area (Å²) in [6.45, 7) is 7.45. The van der Waals surface area contributed by atoms with E-state index in [0.29, 0.717) is 44.5 Å². The van der Waals surface area contributed by atoms with E-state index in [1.165, 1.54) is 11.8 Å². The Kier molecular flexibility index (Phi) is 7.68. The van der Waals surface area contributed by atoms with Crippen molar-refractivity contribution >= 4 is 23.5 Å². The van der Waals surface area contributed by atoms with Gasteiger partial charge in [-0.25, -0.2) is 13.6 Å². The van der Waals surface area contributed by atoms with E-state index in [9.17, 15) is 23.2 Å². The average molecular weight is 479 g/mol. The number of rotatable bonds is 5. The van der Waals surface area contributed by atoms with Crippen molar-refractivity contribution in [3.05, 3.63) is 30.3 Å². The van der Waals surface area contributed by atoms with Gasteiger partial charge in [-0.3, -0.25) is 9.59 Å². The first-order valence-electron chi connectivity index (χ1n) is 12.1. The Hall–Kier alpha value is -2.51. The van der Waals surface area contributed by atoms with Crippen LogP contribution in [0.5, 0.6) is 0 Å². The molecule has 1 aromatic rings. The number of anilines is 1. The second kappa shape index (κ2) is 10.0. The van der Waals surface area contributed by atoms with E-state index < -0.39 is 29.1 Å². The second-order valence-electron chi connectivity index (χ2n) is 10.7. The van der Waals surface area contributed by atoms with Gasteiger partial charge in [-0.1, -0.05) is 18.2 Å². The molecule has 2 fully saturated rings. The lowest BCUT2D eigenvalue weighted by molar-refractivity contribution is -0.135. The van der Waals surface area contributed by atoms with Crippen molar-refractivity contribution in [1.82, 2.24) is 4.90 Å². The van der Waals surface area contributed by atoms with E-state index in [2.05, 4.69) is 0 Å². The number of para-hydroxylation sites is 1. The minimum Gasteiger partial charge on any atom is -0.444 e. The largest absolute Gasteiger partial charge is 0.444 e. The molecule has 2 aliphatic rings. The lowest BCUT2D eigenvalue weighted by Crippen LogP contribution is -2.51. The van der Waals surface area contributed by atoms with Crippen molar-refractivity contribution in [2.24, 2.45) is 5.41 Å². The first kappa shape index (κ1) is 26.1. The molecule has 1 saturated carbocycles. The van der Waals surface area contributed by atoms with Crippen LogP contribution in [0.1, 0.15) is 72.6 Å². The third kappa shape index (κ3) is 6.33.